The lowest BCUT2D eigenvalue weighted by molar-refractivity contribution is -0.111. The summed E-state index contributed by atoms with van der Waals surface area (Å²) < 4.78 is 6.56. The van der Waals surface area contributed by atoms with E-state index in [9.17, 15) is 4.79 Å². The summed E-state index contributed by atoms with van der Waals surface area (Å²) in [7, 11) is -1.80. The number of ketones is 1. The monoisotopic (exact) mass is 364 g/mol. The van der Waals surface area contributed by atoms with Gasteiger partial charge in [0.15, 0.2) is 8.32 Å². The summed E-state index contributed by atoms with van der Waals surface area (Å²) in [5, 5.41) is 0.199. The smallest absolute Gasteiger partial charge is 0.202 e. The minimum absolute atomic E-state index is 0.0643. The largest absolute Gasteiger partial charge is 0.413 e. The molecule has 0 aromatic heterocycles. The highest BCUT2D eigenvalue weighted by molar-refractivity contribution is 6.74. The lowest BCUT2D eigenvalue weighted by Crippen LogP contribution is -2.43. The zero-order chi connectivity index (χ0) is 19.3. The Bertz CT molecular complexity index is 449. The van der Waals surface area contributed by atoms with Crippen LogP contribution in [0.4, 0.5) is 0 Å². The maximum atomic E-state index is 11.1. The summed E-state index contributed by atoms with van der Waals surface area (Å²) in [6.45, 7) is 16.7. The molecule has 0 saturated heterocycles. The third-order valence-corrected chi connectivity index (χ3v) is 9.58. The summed E-state index contributed by atoms with van der Waals surface area (Å²) in [5.74, 6) is 5.63. The fourth-order valence-corrected chi connectivity index (χ4v) is 3.84. The highest BCUT2D eigenvalue weighted by Gasteiger charge is 2.38. The Kier molecular flexibility index (Phi) is 12.1. The Labute approximate surface area is 157 Å². The first-order valence-corrected chi connectivity index (χ1v) is 12.8. The van der Waals surface area contributed by atoms with Crippen LogP contribution in [-0.4, -0.2) is 20.2 Å². The van der Waals surface area contributed by atoms with Crippen LogP contribution in [0.1, 0.15) is 85.5 Å². The molecule has 0 aliphatic rings. The van der Waals surface area contributed by atoms with E-state index < -0.39 is 8.32 Å². The molecular weight excluding hydrogens is 324 g/mol. The standard InChI is InChI=1S/C22H40O2Si/c1-8-9-10-11-12-13-14-15-18-21(19-16-17-20(2)23)24-25(6,7)22(3,4)5/h8,21H,1,9-15,18-19H2,2-7H3/t21-/m1/s1. The summed E-state index contributed by atoms with van der Waals surface area (Å²) >= 11 is 0. The SMILES string of the molecule is C=CCCCCCCCC[C@H](CC#CC(C)=O)O[Si](C)(C)C(C)(C)C. The molecule has 3 heteroatoms. The predicted octanol–water partition coefficient (Wildman–Crippen LogP) is 6.67. The molecule has 0 radical (unpaired) electrons. The van der Waals surface area contributed by atoms with Crippen molar-refractivity contribution in [2.24, 2.45) is 0 Å². The molecule has 25 heavy (non-hydrogen) atoms. The fraction of sp³-hybridized carbons (Fsp3) is 0.773. The molecule has 0 unspecified atom stereocenters. The first-order valence-electron chi connectivity index (χ1n) is 9.88. The van der Waals surface area contributed by atoms with Gasteiger partial charge in [-0.3, -0.25) is 4.79 Å². The molecule has 0 aliphatic carbocycles. The van der Waals surface area contributed by atoms with Gasteiger partial charge in [-0.15, -0.1) is 6.58 Å². The van der Waals surface area contributed by atoms with Gasteiger partial charge in [-0.05, 0) is 43.3 Å². The first kappa shape index (κ1) is 24.1. The van der Waals surface area contributed by atoms with Crippen LogP contribution in [0.3, 0.4) is 0 Å². The quantitative estimate of drug-likeness (QED) is 0.127. The van der Waals surface area contributed by atoms with Gasteiger partial charge in [0, 0.05) is 13.3 Å². The number of carbonyl (C=O) groups excluding carboxylic acids is 1. The van der Waals surface area contributed by atoms with E-state index in [0.717, 1.165) is 12.8 Å². The third-order valence-electron chi connectivity index (χ3n) is 5.05. The van der Waals surface area contributed by atoms with E-state index in [-0.39, 0.29) is 16.9 Å². The van der Waals surface area contributed by atoms with Crippen molar-refractivity contribution in [3.8, 4) is 11.8 Å². The minimum Gasteiger partial charge on any atom is -0.413 e. The van der Waals surface area contributed by atoms with Crippen LogP contribution in [-0.2, 0) is 9.22 Å². The predicted molar refractivity (Wildman–Crippen MR) is 112 cm³/mol. The van der Waals surface area contributed by atoms with E-state index in [4.69, 9.17) is 4.43 Å². The van der Waals surface area contributed by atoms with Crippen LogP contribution in [0.15, 0.2) is 12.7 Å². The van der Waals surface area contributed by atoms with E-state index in [1.54, 1.807) is 0 Å². The number of hydrogen-bond acceptors (Lipinski definition) is 2. The molecule has 1 atom stereocenters. The van der Waals surface area contributed by atoms with E-state index in [2.05, 4.69) is 52.3 Å². The number of hydrogen-bond donors (Lipinski definition) is 0. The lowest BCUT2D eigenvalue weighted by Gasteiger charge is -2.39. The number of carbonyl (C=O) groups is 1. The molecule has 0 bridgehead atoms. The summed E-state index contributed by atoms with van der Waals surface area (Å²) in [4.78, 5) is 11.1. The van der Waals surface area contributed by atoms with E-state index in [1.165, 1.54) is 45.4 Å². The molecule has 0 amide bonds. The molecule has 0 rings (SSSR count). The van der Waals surface area contributed by atoms with Crippen LogP contribution >= 0.6 is 0 Å². The van der Waals surface area contributed by atoms with Crippen LogP contribution in [0.25, 0.3) is 0 Å². The van der Waals surface area contributed by atoms with Gasteiger partial charge in [-0.2, -0.15) is 0 Å². The second-order valence-corrected chi connectivity index (χ2v) is 13.3. The van der Waals surface area contributed by atoms with Crippen LogP contribution < -0.4 is 0 Å². The minimum atomic E-state index is -1.80. The molecule has 0 fully saturated rings. The first-order chi connectivity index (χ1) is 11.6. The summed E-state index contributed by atoms with van der Waals surface area (Å²) in [6.07, 6.45) is 12.6. The van der Waals surface area contributed by atoms with Gasteiger partial charge in [0.1, 0.15) is 0 Å². The topological polar surface area (TPSA) is 26.3 Å². The highest BCUT2D eigenvalue weighted by Crippen LogP contribution is 2.38. The van der Waals surface area contributed by atoms with Crippen molar-refractivity contribution in [3.05, 3.63) is 12.7 Å². The zero-order valence-corrected chi connectivity index (χ0v) is 18.5. The van der Waals surface area contributed by atoms with E-state index in [0.29, 0.717) is 6.42 Å². The molecule has 144 valence electrons. The Morgan fingerprint density at radius 2 is 1.68 bits per heavy atom. The highest BCUT2D eigenvalue weighted by atomic mass is 28.4. The molecule has 0 spiro atoms. The van der Waals surface area contributed by atoms with Crippen LogP contribution in [0.5, 0.6) is 0 Å². The molecular formula is C22H40O2Si. The van der Waals surface area contributed by atoms with Gasteiger partial charge in [0.05, 0.1) is 6.10 Å². The molecule has 2 nitrogen and oxygen atoms in total. The van der Waals surface area contributed by atoms with Gasteiger partial charge in [0.25, 0.3) is 0 Å². The maximum Gasteiger partial charge on any atom is 0.202 e. The van der Waals surface area contributed by atoms with E-state index >= 15 is 0 Å². The Hall–Kier alpha value is -0.853. The Morgan fingerprint density at radius 3 is 2.20 bits per heavy atom. The van der Waals surface area contributed by atoms with Gasteiger partial charge in [-0.1, -0.05) is 64.9 Å². The number of allylic oxidation sites excluding steroid dienone is 1. The maximum absolute atomic E-state index is 11.1. The lowest BCUT2D eigenvalue weighted by atomic mass is 10.0. The van der Waals surface area contributed by atoms with Gasteiger partial charge >= 0.3 is 0 Å². The molecule has 0 saturated carbocycles. The van der Waals surface area contributed by atoms with Crippen molar-refractivity contribution in [3.63, 3.8) is 0 Å². The average Bonchev–Trinajstić information content (AvgIpc) is 2.47. The third kappa shape index (κ3) is 12.2. The van der Waals surface area contributed by atoms with Gasteiger partial charge in [-0.25, -0.2) is 0 Å². The average molecular weight is 365 g/mol. The zero-order valence-electron chi connectivity index (χ0n) is 17.5. The number of rotatable bonds is 12. The van der Waals surface area contributed by atoms with Crippen molar-refractivity contribution in [2.75, 3.05) is 0 Å². The van der Waals surface area contributed by atoms with Crippen molar-refractivity contribution < 1.29 is 9.22 Å². The van der Waals surface area contributed by atoms with Crippen molar-refractivity contribution in [1.82, 2.24) is 0 Å². The molecule has 0 N–H and O–H groups in total. The molecule has 0 aromatic rings. The van der Waals surface area contributed by atoms with Crippen molar-refractivity contribution in [2.45, 2.75) is 110 Å². The van der Waals surface area contributed by atoms with Crippen molar-refractivity contribution >= 4 is 14.1 Å². The second-order valence-electron chi connectivity index (χ2n) is 8.55. The van der Waals surface area contributed by atoms with Crippen LogP contribution in [0.2, 0.25) is 18.1 Å². The van der Waals surface area contributed by atoms with Crippen LogP contribution in [0, 0.1) is 11.8 Å². The summed E-state index contributed by atoms with van der Waals surface area (Å²) in [5.41, 5.74) is 0. The Balaban J connectivity index is 4.39. The van der Waals surface area contributed by atoms with E-state index in [1.807, 2.05) is 6.08 Å². The van der Waals surface area contributed by atoms with Gasteiger partial charge in [0.2, 0.25) is 5.78 Å². The normalized spacial score (nSPS) is 13.0. The summed E-state index contributed by atoms with van der Waals surface area (Å²) in [6, 6.07) is 0. The molecule has 0 heterocycles. The van der Waals surface area contributed by atoms with Gasteiger partial charge < -0.3 is 4.43 Å². The van der Waals surface area contributed by atoms with Crippen molar-refractivity contribution in [1.29, 1.82) is 0 Å². The Morgan fingerprint density at radius 1 is 1.12 bits per heavy atom. The molecule has 0 aliphatic heterocycles. The number of unbranched alkanes of at least 4 members (excludes halogenated alkanes) is 6. The second kappa shape index (κ2) is 12.5. The fourth-order valence-electron chi connectivity index (χ4n) is 2.45. The number of Topliss-reactive ketones (excluding diaryl/α,β-unsaturated/α-hetero) is 1. The molecule has 0 aromatic carbocycles.